The Hall–Kier alpha value is -2.91. The molecule has 0 aliphatic rings. The summed E-state index contributed by atoms with van der Waals surface area (Å²) in [6.45, 7) is 12.6. The predicted molar refractivity (Wildman–Crippen MR) is 105 cm³/mol. The Morgan fingerprint density at radius 3 is 1.83 bits per heavy atom. The van der Waals surface area contributed by atoms with Crippen molar-refractivity contribution in [3.05, 3.63) is 24.7 Å². The molecule has 170 valence electrons. The Bertz CT molecular complexity index is 660. The molecule has 0 aliphatic heterocycles. The molecule has 0 rings (SSSR count). The maximum absolute atomic E-state index is 13.7. The summed E-state index contributed by atoms with van der Waals surface area (Å²) in [6, 6.07) is -1.49. The molecule has 0 bridgehead atoms. The number of rotatable bonds is 7. The van der Waals surface area contributed by atoms with E-state index in [0.717, 1.165) is 19.4 Å². The van der Waals surface area contributed by atoms with Gasteiger partial charge in [-0.25, -0.2) is 19.2 Å². The van der Waals surface area contributed by atoms with Gasteiger partial charge in [-0.3, -0.25) is 0 Å². The van der Waals surface area contributed by atoms with Gasteiger partial charge in [0.2, 0.25) is 5.83 Å². The van der Waals surface area contributed by atoms with Crippen molar-refractivity contribution in [3.8, 4) is 0 Å². The smallest absolute Gasteiger partial charge is 0.420 e. The van der Waals surface area contributed by atoms with Gasteiger partial charge in [0, 0.05) is 0 Å². The molecule has 10 heteroatoms. The summed E-state index contributed by atoms with van der Waals surface area (Å²) in [6.07, 6.45) is -1.13. The second kappa shape index (κ2) is 11.3. The van der Waals surface area contributed by atoms with Gasteiger partial charge in [-0.1, -0.05) is 6.58 Å². The Labute approximate surface area is 175 Å². The van der Waals surface area contributed by atoms with E-state index in [-0.39, 0.29) is 12.8 Å². The van der Waals surface area contributed by atoms with E-state index in [0.29, 0.717) is 4.90 Å². The van der Waals surface area contributed by atoms with Crippen LogP contribution < -0.4 is 0 Å². The zero-order valence-corrected chi connectivity index (χ0v) is 18.4. The SMILES string of the molecule is C=COC(=O)/C(F)=C/CC[C@H](C(=O)OC)N(C(=O)OC(C)(C)C)C(=O)OC(C)(C)C. The molecule has 1 atom stereocenters. The molecule has 0 N–H and O–H groups in total. The molecular weight excluding hydrogens is 401 g/mol. The number of esters is 2. The highest BCUT2D eigenvalue weighted by Crippen LogP contribution is 2.20. The second-order valence-corrected chi connectivity index (χ2v) is 8.07. The van der Waals surface area contributed by atoms with Crippen LogP contribution in [-0.4, -0.2) is 53.4 Å². The van der Waals surface area contributed by atoms with E-state index in [4.69, 9.17) is 9.47 Å². The minimum Gasteiger partial charge on any atom is -0.467 e. The third-order valence-corrected chi connectivity index (χ3v) is 3.11. The standard InChI is InChI=1S/C20H30FNO8/c1-9-28-15(23)13(21)11-10-12-14(16(24)27-8)22(17(25)29-19(2,3)4)18(26)30-20(5,6)7/h9,11,14H,1,10,12H2,2-8H3/b13-11-/t14-/m1/s1. The van der Waals surface area contributed by atoms with Crippen LogP contribution in [0.3, 0.4) is 0 Å². The molecule has 30 heavy (non-hydrogen) atoms. The van der Waals surface area contributed by atoms with E-state index in [1.54, 1.807) is 41.5 Å². The van der Waals surface area contributed by atoms with Gasteiger partial charge in [-0.15, -0.1) is 0 Å². The molecule has 0 aromatic rings. The zero-order chi connectivity index (χ0) is 23.7. The summed E-state index contributed by atoms with van der Waals surface area (Å²) in [7, 11) is 1.07. The number of carbonyl (C=O) groups is 4. The number of methoxy groups -OCH3 is 1. The fraction of sp³-hybridized carbons (Fsp3) is 0.600. The van der Waals surface area contributed by atoms with Crippen molar-refractivity contribution >= 4 is 24.1 Å². The minimum absolute atomic E-state index is 0.208. The molecule has 2 amide bonds. The van der Waals surface area contributed by atoms with E-state index < -0.39 is 47.2 Å². The van der Waals surface area contributed by atoms with Crippen molar-refractivity contribution in [2.45, 2.75) is 71.6 Å². The number of imide groups is 1. The van der Waals surface area contributed by atoms with Crippen LogP contribution in [0.1, 0.15) is 54.4 Å². The van der Waals surface area contributed by atoms with Gasteiger partial charge in [0.05, 0.1) is 13.4 Å². The lowest BCUT2D eigenvalue weighted by Gasteiger charge is -2.32. The summed E-state index contributed by atoms with van der Waals surface area (Å²) in [5.41, 5.74) is -1.95. The minimum atomic E-state index is -1.49. The maximum Gasteiger partial charge on any atom is 0.420 e. The average Bonchev–Trinajstić information content (AvgIpc) is 2.56. The number of allylic oxidation sites excluding steroid dienone is 1. The highest BCUT2D eigenvalue weighted by atomic mass is 19.1. The van der Waals surface area contributed by atoms with Gasteiger partial charge >= 0.3 is 24.1 Å². The van der Waals surface area contributed by atoms with Gasteiger partial charge in [0.15, 0.2) is 0 Å². The molecule has 0 unspecified atom stereocenters. The van der Waals surface area contributed by atoms with Gasteiger partial charge in [0.1, 0.15) is 17.2 Å². The molecule has 0 saturated carbocycles. The van der Waals surface area contributed by atoms with Gasteiger partial charge < -0.3 is 18.9 Å². The Kier molecular flexibility index (Phi) is 10.2. The van der Waals surface area contributed by atoms with Crippen molar-refractivity contribution in [1.29, 1.82) is 0 Å². The van der Waals surface area contributed by atoms with Crippen molar-refractivity contribution in [1.82, 2.24) is 4.90 Å². The van der Waals surface area contributed by atoms with Gasteiger partial charge in [-0.05, 0) is 60.5 Å². The first-order valence-corrected chi connectivity index (χ1v) is 9.13. The second-order valence-electron chi connectivity index (χ2n) is 8.07. The third-order valence-electron chi connectivity index (χ3n) is 3.11. The summed E-state index contributed by atoms with van der Waals surface area (Å²) in [5, 5.41) is 0. The molecular formula is C20H30FNO8. The Balaban J connectivity index is 5.83. The normalized spacial score (nSPS) is 13.0. The summed E-state index contributed by atoms with van der Waals surface area (Å²) >= 11 is 0. The monoisotopic (exact) mass is 431 g/mol. The lowest BCUT2D eigenvalue weighted by Crippen LogP contribution is -2.52. The first-order chi connectivity index (χ1) is 13.6. The number of ether oxygens (including phenoxy) is 4. The number of nitrogens with zero attached hydrogens (tertiary/aromatic N) is 1. The zero-order valence-electron chi connectivity index (χ0n) is 18.4. The Morgan fingerprint density at radius 2 is 1.47 bits per heavy atom. The van der Waals surface area contributed by atoms with Crippen molar-refractivity contribution in [3.63, 3.8) is 0 Å². The summed E-state index contributed by atoms with van der Waals surface area (Å²) < 4.78 is 33.1. The van der Waals surface area contributed by atoms with Crippen LogP contribution in [0.15, 0.2) is 24.7 Å². The fourth-order valence-corrected chi connectivity index (χ4v) is 2.02. The van der Waals surface area contributed by atoms with E-state index in [9.17, 15) is 23.6 Å². The molecule has 9 nitrogen and oxygen atoms in total. The molecule has 0 saturated heterocycles. The highest BCUT2D eigenvalue weighted by Gasteiger charge is 2.40. The van der Waals surface area contributed by atoms with Crippen LogP contribution in [-0.2, 0) is 28.5 Å². The molecule has 0 heterocycles. The van der Waals surface area contributed by atoms with E-state index >= 15 is 0 Å². The molecule has 0 aromatic heterocycles. The summed E-state index contributed by atoms with van der Waals surface area (Å²) in [5.74, 6) is -3.44. The van der Waals surface area contributed by atoms with Crippen LogP contribution in [0.2, 0.25) is 0 Å². The van der Waals surface area contributed by atoms with Crippen LogP contribution in [0.25, 0.3) is 0 Å². The first kappa shape index (κ1) is 27.1. The summed E-state index contributed by atoms with van der Waals surface area (Å²) in [4.78, 5) is 49.4. The van der Waals surface area contributed by atoms with Crippen LogP contribution >= 0.6 is 0 Å². The lowest BCUT2D eigenvalue weighted by atomic mass is 10.1. The van der Waals surface area contributed by atoms with Crippen LogP contribution in [0.4, 0.5) is 14.0 Å². The number of halogens is 1. The van der Waals surface area contributed by atoms with Crippen LogP contribution in [0.5, 0.6) is 0 Å². The van der Waals surface area contributed by atoms with Crippen molar-refractivity contribution in [2.24, 2.45) is 0 Å². The van der Waals surface area contributed by atoms with Gasteiger partial charge in [-0.2, -0.15) is 9.29 Å². The van der Waals surface area contributed by atoms with Crippen molar-refractivity contribution in [2.75, 3.05) is 7.11 Å². The van der Waals surface area contributed by atoms with E-state index in [2.05, 4.69) is 16.1 Å². The maximum atomic E-state index is 13.7. The van der Waals surface area contributed by atoms with Crippen molar-refractivity contribution < 1.29 is 42.5 Å². The van der Waals surface area contributed by atoms with Gasteiger partial charge in [0.25, 0.3) is 0 Å². The number of hydrogen-bond donors (Lipinski definition) is 0. The van der Waals surface area contributed by atoms with Crippen LogP contribution in [0, 0.1) is 0 Å². The molecule has 0 aliphatic carbocycles. The highest BCUT2D eigenvalue weighted by molar-refractivity contribution is 5.94. The predicted octanol–water partition coefficient (Wildman–Crippen LogP) is 4.02. The third kappa shape index (κ3) is 10.0. The van der Waals surface area contributed by atoms with E-state index in [1.807, 2.05) is 0 Å². The van der Waals surface area contributed by atoms with E-state index in [1.165, 1.54) is 0 Å². The lowest BCUT2D eigenvalue weighted by molar-refractivity contribution is -0.146. The largest absolute Gasteiger partial charge is 0.467 e. The number of carbonyl (C=O) groups excluding carboxylic acids is 4. The number of amides is 2. The quantitative estimate of drug-likeness (QED) is 0.257. The average molecular weight is 431 g/mol. The molecule has 0 radical (unpaired) electrons. The molecule has 0 fully saturated rings. The fourth-order valence-electron chi connectivity index (χ4n) is 2.02. The first-order valence-electron chi connectivity index (χ1n) is 9.13. The number of hydrogen-bond acceptors (Lipinski definition) is 8. The topological polar surface area (TPSA) is 108 Å². The Morgan fingerprint density at radius 1 is 1.00 bits per heavy atom. The molecule has 0 aromatic carbocycles. The molecule has 0 spiro atoms.